The van der Waals surface area contributed by atoms with Gasteiger partial charge in [0.25, 0.3) is 0 Å². The predicted octanol–water partition coefficient (Wildman–Crippen LogP) is 1.96. The molecule has 2 heterocycles. The van der Waals surface area contributed by atoms with Crippen molar-refractivity contribution in [2.45, 2.75) is 13.3 Å². The molecule has 1 aromatic heterocycles. The molecule has 0 atom stereocenters. The van der Waals surface area contributed by atoms with Crippen LogP contribution in [0.4, 0.5) is 0 Å². The van der Waals surface area contributed by atoms with Crippen LogP contribution in [-0.2, 0) is 16.0 Å². The van der Waals surface area contributed by atoms with E-state index in [2.05, 4.69) is 4.98 Å². The first-order valence-electron chi connectivity index (χ1n) is 7.66. The van der Waals surface area contributed by atoms with Gasteiger partial charge in [-0.25, -0.2) is 4.98 Å². The lowest BCUT2D eigenvalue weighted by atomic mass is 10.2. The maximum Gasteiger partial charge on any atom is 0.228 e. The molecule has 120 valence electrons. The van der Waals surface area contributed by atoms with Crippen LogP contribution >= 0.6 is 11.3 Å². The number of nitrogens with zero attached hydrogens (tertiary/aromatic N) is 3. The molecule has 5 nitrogen and oxygen atoms in total. The largest absolute Gasteiger partial charge is 0.342 e. The topological polar surface area (TPSA) is 53.5 Å². The second-order valence-electron chi connectivity index (χ2n) is 5.59. The second kappa shape index (κ2) is 6.91. The lowest BCUT2D eigenvalue weighted by molar-refractivity contribution is -0.134. The number of hydrogen-bond acceptors (Lipinski definition) is 4. The molecule has 0 bridgehead atoms. The molecule has 0 spiro atoms. The SMILES string of the molecule is Cc1nc(-c2ccccc2)sc1CC(=O)N1CCN(C=O)CC1. The van der Waals surface area contributed by atoms with Gasteiger partial charge in [0.05, 0.1) is 12.1 Å². The van der Waals surface area contributed by atoms with Crippen LogP contribution in [0.3, 0.4) is 0 Å². The number of aromatic nitrogens is 1. The summed E-state index contributed by atoms with van der Waals surface area (Å²) in [6.45, 7) is 4.41. The van der Waals surface area contributed by atoms with Gasteiger partial charge in [0.15, 0.2) is 0 Å². The van der Waals surface area contributed by atoms with Gasteiger partial charge >= 0.3 is 0 Å². The second-order valence-corrected chi connectivity index (χ2v) is 6.68. The van der Waals surface area contributed by atoms with Gasteiger partial charge in [0, 0.05) is 36.6 Å². The van der Waals surface area contributed by atoms with Crippen LogP contribution in [0.25, 0.3) is 10.6 Å². The number of amides is 2. The average Bonchev–Trinajstić information content (AvgIpc) is 2.96. The van der Waals surface area contributed by atoms with Crippen molar-refractivity contribution in [3.63, 3.8) is 0 Å². The molecule has 1 aliphatic heterocycles. The lowest BCUT2D eigenvalue weighted by Gasteiger charge is -2.32. The lowest BCUT2D eigenvalue weighted by Crippen LogP contribution is -2.48. The van der Waals surface area contributed by atoms with Crippen LogP contribution in [-0.4, -0.2) is 53.3 Å². The van der Waals surface area contributed by atoms with E-state index in [1.807, 2.05) is 42.2 Å². The Hall–Kier alpha value is -2.21. The van der Waals surface area contributed by atoms with Crippen LogP contribution in [0.15, 0.2) is 30.3 Å². The summed E-state index contributed by atoms with van der Waals surface area (Å²) in [6, 6.07) is 10.0. The third-order valence-corrected chi connectivity index (χ3v) is 5.25. The van der Waals surface area contributed by atoms with Crippen molar-refractivity contribution < 1.29 is 9.59 Å². The fraction of sp³-hybridized carbons (Fsp3) is 0.353. The highest BCUT2D eigenvalue weighted by molar-refractivity contribution is 7.15. The van der Waals surface area contributed by atoms with Crippen LogP contribution < -0.4 is 0 Å². The molecule has 2 amide bonds. The Morgan fingerprint density at radius 1 is 1.22 bits per heavy atom. The number of aryl methyl sites for hydroxylation is 1. The van der Waals surface area contributed by atoms with Crippen molar-refractivity contribution in [1.82, 2.24) is 14.8 Å². The highest BCUT2D eigenvalue weighted by atomic mass is 32.1. The monoisotopic (exact) mass is 329 g/mol. The zero-order valence-electron chi connectivity index (χ0n) is 13.1. The van der Waals surface area contributed by atoms with Gasteiger partial charge in [0.2, 0.25) is 12.3 Å². The number of rotatable bonds is 4. The van der Waals surface area contributed by atoms with Crippen molar-refractivity contribution in [3.8, 4) is 10.6 Å². The van der Waals surface area contributed by atoms with E-state index in [9.17, 15) is 9.59 Å². The highest BCUT2D eigenvalue weighted by Crippen LogP contribution is 2.28. The third-order valence-electron chi connectivity index (χ3n) is 4.04. The first-order valence-corrected chi connectivity index (χ1v) is 8.48. The Kier molecular flexibility index (Phi) is 4.71. The van der Waals surface area contributed by atoms with Crippen molar-refractivity contribution in [3.05, 3.63) is 40.9 Å². The summed E-state index contributed by atoms with van der Waals surface area (Å²) in [5.74, 6) is 0.113. The summed E-state index contributed by atoms with van der Waals surface area (Å²) in [6.07, 6.45) is 1.23. The van der Waals surface area contributed by atoms with E-state index in [0.717, 1.165) is 27.6 Å². The normalized spacial score (nSPS) is 14.8. The standard InChI is InChI=1S/C17H19N3O2S/c1-13-15(23-17(18-13)14-5-3-2-4-6-14)11-16(22)20-9-7-19(12-21)8-10-20/h2-6,12H,7-11H2,1H3. The van der Waals surface area contributed by atoms with Gasteiger partial charge in [-0.3, -0.25) is 9.59 Å². The van der Waals surface area contributed by atoms with Crippen LogP contribution in [0.5, 0.6) is 0 Å². The van der Waals surface area contributed by atoms with Gasteiger partial charge in [0.1, 0.15) is 5.01 Å². The van der Waals surface area contributed by atoms with E-state index in [4.69, 9.17) is 0 Å². The average molecular weight is 329 g/mol. The maximum absolute atomic E-state index is 12.5. The Bertz CT molecular complexity index is 691. The van der Waals surface area contributed by atoms with E-state index in [1.165, 1.54) is 0 Å². The molecule has 2 aromatic rings. The summed E-state index contributed by atoms with van der Waals surface area (Å²) in [5.41, 5.74) is 2.01. The molecule has 0 N–H and O–H groups in total. The molecule has 1 saturated heterocycles. The van der Waals surface area contributed by atoms with Gasteiger partial charge in [-0.05, 0) is 6.92 Å². The van der Waals surface area contributed by atoms with Crippen LogP contribution in [0, 0.1) is 6.92 Å². The van der Waals surface area contributed by atoms with Gasteiger partial charge < -0.3 is 9.80 Å². The molecule has 1 aliphatic rings. The molecule has 3 rings (SSSR count). The number of hydrogen-bond donors (Lipinski definition) is 0. The van der Waals surface area contributed by atoms with Crippen molar-refractivity contribution >= 4 is 23.7 Å². The minimum Gasteiger partial charge on any atom is -0.342 e. The first kappa shape index (κ1) is 15.7. The Morgan fingerprint density at radius 2 is 1.91 bits per heavy atom. The third kappa shape index (κ3) is 3.59. The number of carbonyl (C=O) groups excluding carboxylic acids is 2. The smallest absolute Gasteiger partial charge is 0.228 e. The molecule has 1 aromatic carbocycles. The van der Waals surface area contributed by atoms with E-state index in [1.54, 1.807) is 16.2 Å². The molecular formula is C17H19N3O2S. The molecule has 6 heteroatoms. The van der Waals surface area contributed by atoms with Crippen LogP contribution in [0.2, 0.25) is 0 Å². The number of carbonyl (C=O) groups is 2. The highest BCUT2D eigenvalue weighted by Gasteiger charge is 2.22. The number of benzene rings is 1. The fourth-order valence-corrected chi connectivity index (χ4v) is 3.68. The summed E-state index contributed by atoms with van der Waals surface area (Å²) in [7, 11) is 0. The molecule has 0 unspecified atom stereocenters. The van der Waals surface area contributed by atoms with Crippen molar-refractivity contribution in [2.24, 2.45) is 0 Å². The zero-order chi connectivity index (χ0) is 16.2. The molecule has 0 radical (unpaired) electrons. The molecule has 23 heavy (non-hydrogen) atoms. The minimum absolute atomic E-state index is 0.113. The summed E-state index contributed by atoms with van der Waals surface area (Å²) >= 11 is 1.58. The molecule has 0 aliphatic carbocycles. The Morgan fingerprint density at radius 3 is 2.57 bits per heavy atom. The Balaban J connectivity index is 1.67. The predicted molar refractivity (Wildman–Crippen MR) is 90.2 cm³/mol. The first-order chi connectivity index (χ1) is 11.2. The molecular weight excluding hydrogens is 310 g/mol. The maximum atomic E-state index is 12.5. The minimum atomic E-state index is 0.113. The van der Waals surface area contributed by atoms with Crippen molar-refractivity contribution in [1.29, 1.82) is 0 Å². The summed E-state index contributed by atoms with van der Waals surface area (Å²) in [4.78, 5) is 32.3. The van der Waals surface area contributed by atoms with E-state index < -0.39 is 0 Å². The van der Waals surface area contributed by atoms with Gasteiger partial charge in [-0.1, -0.05) is 30.3 Å². The molecule has 1 fully saturated rings. The van der Waals surface area contributed by atoms with E-state index in [0.29, 0.717) is 32.6 Å². The quantitative estimate of drug-likeness (QED) is 0.806. The van der Waals surface area contributed by atoms with Gasteiger partial charge in [-0.15, -0.1) is 11.3 Å². The summed E-state index contributed by atoms with van der Waals surface area (Å²) in [5, 5.41) is 0.955. The number of thiazole rings is 1. The number of piperazine rings is 1. The van der Waals surface area contributed by atoms with E-state index in [-0.39, 0.29) is 5.91 Å². The van der Waals surface area contributed by atoms with Gasteiger partial charge in [-0.2, -0.15) is 0 Å². The summed E-state index contributed by atoms with van der Waals surface area (Å²) < 4.78 is 0. The van der Waals surface area contributed by atoms with E-state index >= 15 is 0 Å². The zero-order valence-corrected chi connectivity index (χ0v) is 13.9. The van der Waals surface area contributed by atoms with Crippen molar-refractivity contribution in [2.75, 3.05) is 26.2 Å². The molecule has 0 saturated carbocycles. The fourth-order valence-electron chi connectivity index (χ4n) is 2.62. The Labute approximate surface area is 139 Å². The van der Waals surface area contributed by atoms with Crippen LogP contribution in [0.1, 0.15) is 10.6 Å².